The molecule has 3 aliphatic rings. The van der Waals surface area contributed by atoms with Crippen molar-refractivity contribution in [3.8, 4) is 11.5 Å². The van der Waals surface area contributed by atoms with Crippen LogP contribution < -0.4 is 4.74 Å². The molecule has 0 unspecified atom stereocenters. The first kappa shape index (κ1) is 21.5. The number of aryl methyl sites for hydroxylation is 1. The number of piperidine rings is 1. The molecule has 0 aromatic heterocycles. The Balaban J connectivity index is 1.53. The number of aromatic hydroxyl groups is 1. The maximum atomic E-state index is 12.8. The number of hydrogen-bond donors (Lipinski definition) is 1. The van der Waals surface area contributed by atoms with Gasteiger partial charge in [-0.1, -0.05) is 36.4 Å². The first-order valence-electron chi connectivity index (χ1n) is 11.8. The zero-order valence-corrected chi connectivity index (χ0v) is 19.1. The van der Waals surface area contributed by atoms with Crippen molar-refractivity contribution in [2.75, 3.05) is 27.3 Å². The highest BCUT2D eigenvalue weighted by Crippen LogP contribution is 2.61. The number of ketones is 1. The monoisotopic (exact) mass is 435 g/mol. The summed E-state index contributed by atoms with van der Waals surface area (Å²) in [7, 11) is 3.76. The molecule has 0 radical (unpaired) electrons. The van der Waals surface area contributed by atoms with Crippen molar-refractivity contribution in [3.63, 3.8) is 0 Å². The number of hydrogen-bond acceptors (Lipinski definition) is 5. The van der Waals surface area contributed by atoms with Crippen molar-refractivity contribution in [1.82, 2.24) is 4.90 Å². The summed E-state index contributed by atoms with van der Waals surface area (Å²) in [4.78, 5) is 15.3. The van der Waals surface area contributed by atoms with Crippen LogP contribution in [0.2, 0.25) is 0 Å². The number of carbonyl (C=O) groups excluding carboxylic acids is 1. The molecular formula is C27H33NO4. The van der Waals surface area contributed by atoms with Gasteiger partial charge in [0, 0.05) is 36.5 Å². The summed E-state index contributed by atoms with van der Waals surface area (Å²) in [5.41, 5.74) is 2.37. The minimum Gasteiger partial charge on any atom is -0.504 e. The maximum absolute atomic E-state index is 12.8. The van der Waals surface area contributed by atoms with E-state index in [0.717, 1.165) is 43.4 Å². The van der Waals surface area contributed by atoms with E-state index < -0.39 is 11.0 Å². The van der Waals surface area contributed by atoms with Gasteiger partial charge in [-0.25, -0.2) is 0 Å². The van der Waals surface area contributed by atoms with Crippen LogP contribution in [0.3, 0.4) is 0 Å². The summed E-state index contributed by atoms with van der Waals surface area (Å²) in [5.74, 6) is 0.943. The quantitative estimate of drug-likeness (QED) is 0.694. The van der Waals surface area contributed by atoms with E-state index in [1.54, 1.807) is 7.11 Å². The number of nitrogens with zero attached hydrogens (tertiary/aromatic N) is 1. The summed E-state index contributed by atoms with van der Waals surface area (Å²) in [6.07, 6.45) is 5.22. The second kappa shape index (κ2) is 8.20. The second-order valence-corrected chi connectivity index (χ2v) is 9.73. The smallest absolute Gasteiger partial charge is 0.161 e. The van der Waals surface area contributed by atoms with Crippen LogP contribution >= 0.6 is 0 Å². The van der Waals surface area contributed by atoms with Crippen molar-refractivity contribution in [1.29, 1.82) is 0 Å². The molecule has 170 valence electrons. The predicted molar refractivity (Wildman–Crippen MR) is 123 cm³/mol. The van der Waals surface area contributed by atoms with Crippen LogP contribution in [0.1, 0.15) is 48.8 Å². The molecule has 32 heavy (non-hydrogen) atoms. The molecule has 0 spiro atoms. The standard InChI is InChI=1S/C27H33NO4/c1-28-15-14-26-18-21(29)12-13-27(26,32-16-6-9-19-7-4-3-5-8-19)23(28)17-20-10-11-22(31-2)25(30)24(20)26/h3-5,7-8,10-11,23,30H,6,9,12-18H2,1-2H3/t23-,26-,27-/m1/s1. The topological polar surface area (TPSA) is 59.0 Å². The Kier molecular flexibility index (Phi) is 5.50. The lowest BCUT2D eigenvalue weighted by Crippen LogP contribution is -2.73. The normalized spacial score (nSPS) is 29.3. The van der Waals surface area contributed by atoms with Gasteiger partial charge in [-0.15, -0.1) is 0 Å². The average Bonchev–Trinajstić information content (AvgIpc) is 2.80. The van der Waals surface area contributed by atoms with Crippen LogP contribution in [0.15, 0.2) is 42.5 Å². The number of Topliss-reactive ketones (excluding diaryl/α,β-unsaturated/α-hetero) is 1. The van der Waals surface area contributed by atoms with Crippen molar-refractivity contribution in [2.45, 2.75) is 62.0 Å². The fraction of sp³-hybridized carbons (Fsp3) is 0.519. The lowest BCUT2D eigenvalue weighted by Gasteiger charge is -2.64. The van der Waals surface area contributed by atoms with E-state index in [4.69, 9.17) is 9.47 Å². The third-order valence-corrected chi connectivity index (χ3v) is 8.20. The first-order valence-corrected chi connectivity index (χ1v) is 11.8. The van der Waals surface area contributed by atoms with E-state index >= 15 is 0 Å². The van der Waals surface area contributed by atoms with Gasteiger partial charge in [-0.05, 0) is 62.9 Å². The minimum atomic E-state index is -0.502. The average molecular weight is 436 g/mol. The Morgan fingerprint density at radius 3 is 2.75 bits per heavy atom. The summed E-state index contributed by atoms with van der Waals surface area (Å²) >= 11 is 0. The zero-order chi connectivity index (χ0) is 22.3. The molecule has 5 nitrogen and oxygen atoms in total. The van der Waals surface area contributed by atoms with E-state index in [1.165, 1.54) is 5.56 Å². The Morgan fingerprint density at radius 1 is 1.16 bits per heavy atom. The number of ether oxygens (including phenoxy) is 2. The minimum absolute atomic E-state index is 0.194. The second-order valence-electron chi connectivity index (χ2n) is 9.73. The third kappa shape index (κ3) is 3.17. The number of phenolic OH excluding ortho intramolecular Hbond substituents is 1. The third-order valence-electron chi connectivity index (χ3n) is 8.20. The van der Waals surface area contributed by atoms with Gasteiger partial charge in [-0.2, -0.15) is 0 Å². The zero-order valence-electron chi connectivity index (χ0n) is 19.1. The summed E-state index contributed by atoms with van der Waals surface area (Å²) < 4.78 is 12.4. The highest BCUT2D eigenvalue weighted by molar-refractivity contribution is 5.83. The van der Waals surface area contributed by atoms with Crippen LogP contribution in [0.4, 0.5) is 0 Å². The fourth-order valence-corrected chi connectivity index (χ4v) is 6.72. The van der Waals surface area contributed by atoms with E-state index in [0.29, 0.717) is 31.6 Å². The van der Waals surface area contributed by atoms with E-state index in [9.17, 15) is 9.90 Å². The molecular weight excluding hydrogens is 402 g/mol. The molecule has 1 aliphatic heterocycles. The number of phenols is 1. The maximum Gasteiger partial charge on any atom is 0.161 e. The summed E-state index contributed by atoms with van der Waals surface area (Å²) in [6, 6.07) is 14.6. The Bertz CT molecular complexity index is 1010. The highest BCUT2D eigenvalue weighted by Gasteiger charge is 2.66. The van der Waals surface area contributed by atoms with E-state index in [1.807, 2.05) is 12.1 Å². The number of likely N-dealkylation sites (N-methyl/N-ethyl adjacent to an activating group) is 1. The van der Waals surface area contributed by atoms with Gasteiger partial charge >= 0.3 is 0 Å². The van der Waals surface area contributed by atoms with Gasteiger partial charge in [0.05, 0.1) is 12.7 Å². The van der Waals surface area contributed by atoms with Gasteiger partial charge in [0.2, 0.25) is 0 Å². The number of benzene rings is 2. The lowest BCUT2D eigenvalue weighted by atomic mass is 9.49. The number of likely N-dealkylation sites (tertiary alicyclic amines) is 1. The van der Waals surface area contributed by atoms with Gasteiger partial charge < -0.3 is 19.5 Å². The van der Waals surface area contributed by atoms with E-state index in [2.05, 4.69) is 42.3 Å². The van der Waals surface area contributed by atoms with Crippen LogP contribution in [0.25, 0.3) is 0 Å². The van der Waals surface area contributed by atoms with Crippen molar-refractivity contribution >= 4 is 5.78 Å². The molecule has 2 aromatic rings. The van der Waals surface area contributed by atoms with Gasteiger partial charge in [0.25, 0.3) is 0 Å². The first-order chi connectivity index (χ1) is 15.5. The van der Waals surface area contributed by atoms with Crippen LogP contribution in [-0.4, -0.2) is 54.7 Å². The molecule has 2 fully saturated rings. The molecule has 1 heterocycles. The largest absolute Gasteiger partial charge is 0.504 e. The van der Waals surface area contributed by atoms with Crippen molar-refractivity contribution < 1.29 is 19.4 Å². The summed E-state index contributed by atoms with van der Waals surface area (Å²) in [5, 5.41) is 11.3. The van der Waals surface area contributed by atoms with Crippen molar-refractivity contribution in [2.24, 2.45) is 0 Å². The molecule has 5 rings (SSSR count). The predicted octanol–water partition coefficient (Wildman–Crippen LogP) is 4.04. The lowest BCUT2D eigenvalue weighted by molar-refractivity contribution is -0.197. The molecule has 2 aliphatic carbocycles. The highest BCUT2D eigenvalue weighted by atomic mass is 16.5. The Morgan fingerprint density at radius 2 is 1.97 bits per heavy atom. The van der Waals surface area contributed by atoms with Gasteiger partial charge in [-0.3, -0.25) is 4.79 Å². The molecule has 0 amide bonds. The SMILES string of the molecule is COc1ccc2c(c1O)[C@]13CCN(C)[C@H](C2)[C@]1(OCCCc1ccccc1)CCC(=O)C3. The molecule has 1 saturated carbocycles. The molecule has 3 atom stereocenters. The Labute approximate surface area is 190 Å². The number of methoxy groups -OCH3 is 1. The van der Waals surface area contributed by atoms with Crippen LogP contribution in [0.5, 0.6) is 11.5 Å². The van der Waals surface area contributed by atoms with E-state index in [-0.39, 0.29) is 17.6 Å². The summed E-state index contributed by atoms with van der Waals surface area (Å²) in [6.45, 7) is 1.54. The van der Waals surface area contributed by atoms with Gasteiger partial charge in [0.15, 0.2) is 11.5 Å². The van der Waals surface area contributed by atoms with Crippen molar-refractivity contribution in [3.05, 3.63) is 59.2 Å². The van der Waals surface area contributed by atoms with Crippen LogP contribution in [-0.2, 0) is 27.8 Å². The number of fused-ring (bicyclic) bond motifs is 1. The van der Waals surface area contributed by atoms with Crippen LogP contribution in [0, 0.1) is 0 Å². The molecule has 5 heteroatoms. The molecule has 2 bridgehead atoms. The Hall–Kier alpha value is -2.37. The van der Waals surface area contributed by atoms with Gasteiger partial charge in [0.1, 0.15) is 5.78 Å². The molecule has 1 N–H and O–H groups in total. The molecule has 2 aromatic carbocycles. The number of rotatable bonds is 6. The fourth-order valence-electron chi connectivity index (χ4n) is 6.72. The molecule has 1 saturated heterocycles. The number of carbonyl (C=O) groups is 1.